The summed E-state index contributed by atoms with van der Waals surface area (Å²) in [7, 11) is 0. The molecule has 0 aromatic heterocycles. The number of benzene rings is 1. The molecular formula is C10H16O2. The van der Waals surface area contributed by atoms with Crippen LogP contribution in [-0.2, 0) is 11.3 Å². The second-order valence-electron chi connectivity index (χ2n) is 2.07. The molecule has 1 N–H and O–H groups in total. The van der Waals surface area contributed by atoms with E-state index < -0.39 is 0 Å². The van der Waals surface area contributed by atoms with E-state index in [4.69, 9.17) is 5.26 Å². The standard InChI is InChI=1S/C8H10O2.C2H6/c9-10-7-6-8-4-2-1-3-5-8;1-2/h1-5,9H,6-7H2;1-2H3. The molecule has 0 spiro atoms. The Labute approximate surface area is 73.7 Å². The molecule has 0 heterocycles. The van der Waals surface area contributed by atoms with Gasteiger partial charge in [-0.25, -0.2) is 4.89 Å². The van der Waals surface area contributed by atoms with Crippen molar-refractivity contribution < 1.29 is 10.1 Å². The highest BCUT2D eigenvalue weighted by atomic mass is 17.1. The minimum atomic E-state index is 0.365. The van der Waals surface area contributed by atoms with E-state index in [1.165, 1.54) is 5.56 Å². The lowest BCUT2D eigenvalue weighted by atomic mass is 10.2. The number of rotatable bonds is 3. The van der Waals surface area contributed by atoms with Crippen LogP contribution in [0.15, 0.2) is 30.3 Å². The first-order valence-electron chi connectivity index (χ1n) is 4.24. The minimum absolute atomic E-state index is 0.365. The van der Waals surface area contributed by atoms with E-state index in [2.05, 4.69) is 4.89 Å². The highest BCUT2D eigenvalue weighted by molar-refractivity contribution is 5.14. The molecule has 0 aliphatic rings. The summed E-state index contributed by atoms with van der Waals surface area (Å²) in [6.07, 6.45) is 0.761. The second-order valence-corrected chi connectivity index (χ2v) is 2.07. The van der Waals surface area contributed by atoms with Crippen LogP contribution in [0.2, 0.25) is 0 Å². The maximum absolute atomic E-state index is 8.03. The Morgan fingerprint density at radius 1 is 1.17 bits per heavy atom. The van der Waals surface area contributed by atoms with Crippen molar-refractivity contribution in [1.82, 2.24) is 0 Å². The van der Waals surface area contributed by atoms with Crippen LogP contribution in [0.1, 0.15) is 19.4 Å². The maximum Gasteiger partial charge on any atom is 0.0860 e. The van der Waals surface area contributed by atoms with E-state index in [9.17, 15) is 0 Å². The number of hydrogen-bond acceptors (Lipinski definition) is 2. The van der Waals surface area contributed by atoms with Crippen LogP contribution in [0.3, 0.4) is 0 Å². The van der Waals surface area contributed by atoms with Gasteiger partial charge in [-0.15, -0.1) is 0 Å². The van der Waals surface area contributed by atoms with E-state index >= 15 is 0 Å². The third-order valence-electron chi connectivity index (χ3n) is 1.32. The molecule has 2 heteroatoms. The monoisotopic (exact) mass is 168 g/mol. The third kappa shape index (κ3) is 4.88. The quantitative estimate of drug-likeness (QED) is 0.555. The summed E-state index contributed by atoms with van der Waals surface area (Å²) in [6.45, 7) is 4.37. The largest absolute Gasteiger partial charge is 0.252 e. The van der Waals surface area contributed by atoms with Crippen molar-refractivity contribution in [2.45, 2.75) is 20.3 Å². The fraction of sp³-hybridized carbons (Fsp3) is 0.400. The molecule has 0 atom stereocenters. The van der Waals surface area contributed by atoms with Crippen LogP contribution in [0.5, 0.6) is 0 Å². The molecule has 0 saturated heterocycles. The minimum Gasteiger partial charge on any atom is -0.252 e. The summed E-state index contributed by atoms with van der Waals surface area (Å²) in [5.41, 5.74) is 1.18. The average molecular weight is 168 g/mol. The summed E-state index contributed by atoms with van der Waals surface area (Å²) in [6, 6.07) is 9.89. The third-order valence-corrected chi connectivity index (χ3v) is 1.32. The average Bonchev–Trinajstić information content (AvgIpc) is 2.19. The van der Waals surface area contributed by atoms with Gasteiger partial charge in [-0.2, -0.15) is 0 Å². The van der Waals surface area contributed by atoms with Gasteiger partial charge in [0, 0.05) is 0 Å². The second kappa shape index (κ2) is 8.24. The van der Waals surface area contributed by atoms with Crippen molar-refractivity contribution >= 4 is 0 Å². The normalized spacial score (nSPS) is 8.58. The molecule has 0 aliphatic heterocycles. The SMILES string of the molecule is CC.OOCCc1ccccc1. The summed E-state index contributed by atoms with van der Waals surface area (Å²) in [5, 5.41) is 8.03. The van der Waals surface area contributed by atoms with Crippen molar-refractivity contribution in [3.63, 3.8) is 0 Å². The Balaban J connectivity index is 0.000000561. The molecule has 0 radical (unpaired) electrons. The fourth-order valence-corrected chi connectivity index (χ4v) is 0.808. The molecule has 1 aromatic carbocycles. The molecule has 1 aromatic rings. The molecule has 0 unspecified atom stereocenters. The summed E-state index contributed by atoms with van der Waals surface area (Å²) in [5.74, 6) is 0. The van der Waals surface area contributed by atoms with Gasteiger partial charge in [0.15, 0.2) is 0 Å². The van der Waals surface area contributed by atoms with Gasteiger partial charge >= 0.3 is 0 Å². The lowest BCUT2D eigenvalue weighted by Gasteiger charge is -1.96. The van der Waals surface area contributed by atoms with Gasteiger partial charge in [0.05, 0.1) is 6.61 Å². The van der Waals surface area contributed by atoms with Gasteiger partial charge in [-0.05, 0) is 12.0 Å². The van der Waals surface area contributed by atoms with Gasteiger partial charge in [0.1, 0.15) is 0 Å². The molecule has 2 nitrogen and oxygen atoms in total. The van der Waals surface area contributed by atoms with Crippen LogP contribution in [0.25, 0.3) is 0 Å². The van der Waals surface area contributed by atoms with Crippen LogP contribution in [0.4, 0.5) is 0 Å². The molecule has 12 heavy (non-hydrogen) atoms. The van der Waals surface area contributed by atoms with Gasteiger partial charge in [0.2, 0.25) is 0 Å². The zero-order chi connectivity index (χ0) is 9.23. The van der Waals surface area contributed by atoms with Gasteiger partial charge < -0.3 is 0 Å². The van der Waals surface area contributed by atoms with Gasteiger partial charge in [0.25, 0.3) is 0 Å². The fourth-order valence-electron chi connectivity index (χ4n) is 0.808. The van der Waals surface area contributed by atoms with Crippen LogP contribution in [-0.4, -0.2) is 11.9 Å². The lowest BCUT2D eigenvalue weighted by Crippen LogP contribution is -1.93. The van der Waals surface area contributed by atoms with E-state index in [1.807, 2.05) is 44.2 Å². The number of hydrogen-bond donors (Lipinski definition) is 1. The van der Waals surface area contributed by atoms with Crippen molar-refractivity contribution in [1.29, 1.82) is 0 Å². The van der Waals surface area contributed by atoms with Crippen LogP contribution >= 0.6 is 0 Å². The van der Waals surface area contributed by atoms with Crippen molar-refractivity contribution in [3.8, 4) is 0 Å². The first-order chi connectivity index (χ1) is 5.93. The lowest BCUT2D eigenvalue weighted by molar-refractivity contribution is -0.241. The predicted molar refractivity (Wildman–Crippen MR) is 50.1 cm³/mol. The summed E-state index contributed by atoms with van der Waals surface area (Å²) < 4.78 is 0. The highest BCUT2D eigenvalue weighted by Crippen LogP contribution is 1.98. The first-order valence-corrected chi connectivity index (χ1v) is 4.24. The van der Waals surface area contributed by atoms with Crippen molar-refractivity contribution in [2.75, 3.05) is 6.61 Å². The molecule has 0 aliphatic carbocycles. The molecule has 0 saturated carbocycles. The van der Waals surface area contributed by atoms with Crippen molar-refractivity contribution in [2.24, 2.45) is 0 Å². The van der Waals surface area contributed by atoms with Gasteiger partial charge in [-0.3, -0.25) is 5.26 Å². The smallest absolute Gasteiger partial charge is 0.0860 e. The Morgan fingerprint density at radius 3 is 2.25 bits per heavy atom. The zero-order valence-electron chi connectivity index (χ0n) is 7.66. The van der Waals surface area contributed by atoms with Crippen molar-refractivity contribution in [3.05, 3.63) is 35.9 Å². The Morgan fingerprint density at radius 2 is 1.75 bits per heavy atom. The molecule has 1 rings (SSSR count). The zero-order valence-corrected chi connectivity index (χ0v) is 7.66. The summed E-state index contributed by atoms with van der Waals surface area (Å²) in [4.78, 5) is 3.95. The molecular weight excluding hydrogens is 152 g/mol. The predicted octanol–water partition coefficient (Wildman–Crippen LogP) is 2.74. The molecule has 0 amide bonds. The van der Waals surface area contributed by atoms with E-state index in [-0.39, 0.29) is 0 Å². The topological polar surface area (TPSA) is 29.5 Å². The van der Waals surface area contributed by atoms with E-state index in [1.54, 1.807) is 0 Å². The van der Waals surface area contributed by atoms with Gasteiger partial charge in [-0.1, -0.05) is 44.2 Å². The Hall–Kier alpha value is -0.860. The van der Waals surface area contributed by atoms with E-state index in [0.29, 0.717) is 6.61 Å². The molecule has 0 fully saturated rings. The summed E-state index contributed by atoms with van der Waals surface area (Å²) >= 11 is 0. The van der Waals surface area contributed by atoms with Crippen LogP contribution < -0.4 is 0 Å². The molecule has 0 bridgehead atoms. The molecule has 68 valence electrons. The Bertz CT molecular complexity index is 172. The van der Waals surface area contributed by atoms with E-state index in [0.717, 1.165) is 6.42 Å². The maximum atomic E-state index is 8.03. The highest BCUT2D eigenvalue weighted by Gasteiger charge is 1.88. The Kier molecular flexibility index (Phi) is 7.65. The first kappa shape index (κ1) is 11.1. The van der Waals surface area contributed by atoms with Crippen LogP contribution in [0, 0.1) is 0 Å².